The van der Waals surface area contributed by atoms with Crippen LogP contribution in [0.2, 0.25) is 0 Å². The van der Waals surface area contributed by atoms with Crippen molar-refractivity contribution in [3.8, 4) is 17.0 Å². The van der Waals surface area contributed by atoms with Crippen LogP contribution < -0.4 is 10.5 Å². The fraction of sp³-hybridized carbons (Fsp3) is 0.222. The van der Waals surface area contributed by atoms with Crippen molar-refractivity contribution in [2.24, 2.45) is 5.73 Å². The molecule has 1 amide bonds. The lowest BCUT2D eigenvalue weighted by molar-refractivity contribution is -0.114. The number of Topliss-reactive ketones (excluding diaryl/α,β-unsaturated/α-hetero) is 1. The van der Waals surface area contributed by atoms with Crippen molar-refractivity contribution in [3.63, 3.8) is 0 Å². The van der Waals surface area contributed by atoms with Gasteiger partial charge in [-0.05, 0) is 29.2 Å². The molecule has 0 aliphatic rings. The van der Waals surface area contributed by atoms with Crippen LogP contribution in [0, 0.1) is 0 Å². The van der Waals surface area contributed by atoms with Gasteiger partial charge in [-0.15, -0.1) is 0 Å². The van der Waals surface area contributed by atoms with Crippen LogP contribution in [-0.4, -0.2) is 41.6 Å². The molecule has 0 unspecified atom stereocenters. The lowest BCUT2D eigenvalue weighted by atomic mass is 9.99. The van der Waals surface area contributed by atoms with Crippen LogP contribution in [0.1, 0.15) is 28.5 Å². The zero-order chi connectivity index (χ0) is 24.1. The summed E-state index contributed by atoms with van der Waals surface area (Å²) in [7, 11) is 1.58. The number of aromatic nitrogens is 2. The van der Waals surface area contributed by atoms with Gasteiger partial charge in [0.1, 0.15) is 6.61 Å². The number of carbonyl (C=O) groups is 2. The van der Waals surface area contributed by atoms with Crippen LogP contribution in [0.15, 0.2) is 66.9 Å². The molecule has 7 nitrogen and oxygen atoms in total. The minimum absolute atomic E-state index is 0.253. The van der Waals surface area contributed by atoms with Gasteiger partial charge in [-0.3, -0.25) is 9.59 Å². The normalized spacial score (nSPS) is 11.0. The first-order chi connectivity index (χ1) is 16.6. The molecule has 4 rings (SSSR count). The molecular formula is C27H27N3O4. The molecule has 2 aromatic heterocycles. The van der Waals surface area contributed by atoms with E-state index in [9.17, 15) is 9.59 Å². The first-order valence-corrected chi connectivity index (χ1v) is 11.2. The van der Waals surface area contributed by atoms with Crippen molar-refractivity contribution in [1.29, 1.82) is 0 Å². The number of methoxy groups -OCH3 is 1. The van der Waals surface area contributed by atoms with Crippen LogP contribution in [-0.2, 0) is 22.5 Å². The molecule has 0 radical (unpaired) electrons. The Balaban J connectivity index is 1.92. The number of hydrogen-bond acceptors (Lipinski definition) is 5. The summed E-state index contributed by atoms with van der Waals surface area (Å²) in [5.74, 6) is -1.48. The molecule has 7 heteroatoms. The fourth-order valence-electron chi connectivity index (χ4n) is 4.29. The molecule has 0 aliphatic heterocycles. The Kier molecular flexibility index (Phi) is 7.04. The summed E-state index contributed by atoms with van der Waals surface area (Å²) >= 11 is 0. The minimum atomic E-state index is -1.01. The Bertz CT molecular complexity index is 1330. The van der Waals surface area contributed by atoms with Gasteiger partial charge in [-0.25, -0.2) is 4.98 Å². The van der Waals surface area contributed by atoms with Crippen LogP contribution in [0.25, 0.3) is 22.0 Å². The summed E-state index contributed by atoms with van der Waals surface area (Å²) in [5.41, 5.74) is 10.4. The summed E-state index contributed by atoms with van der Waals surface area (Å²) in [5, 5.41) is 0.497. The first kappa shape index (κ1) is 23.2. The summed E-state index contributed by atoms with van der Waals surface area (Å²) in [6.45, 7) is 3.07. The number of hydrogen-bond donors (Lipinski definition) is 1. The lowest BCUT2D eigenvalue weighted by Crippen LogP contribution is -2.24. The number of carbonyl (C=O) groups excluding carboxylic acids is 2. The van der Waals surface area contributed by atoms with Crippen molar-refractivity contribution in [2.75, 3.05) is 20.3 Å². The molecule has 0 bridgehead atoms. The molecule has 0 spiro atoms. The molecule has 0 aliphatic carbocycles. The van der Waals surface area contributed by atoms with Gasteiger partial charge in [0.05, 0.1) is 23.1 Å². The smallest absolute Gasteiger partial charge is 0.289 e. The lowest BCUT2D eigenvalue weighted by Gasteiger charge is -2.14. The van der Waals surface area contributed by atoms with E-state index in [4.69, 9.17) is 15.2 Å². The molecule has 0 fully saturated rings. The van der Waals surface area contributed by atoms with Crippen molar-refractivity contribution in [2.45, 2.75) is 19.9 Å². The van der Waals surface area contributed by atoms with E-state index in [2.05, 4.69) is 33.8 Å². The van der Waals surface area contributed by atoms with E-state index < -0.39 is 11.7 Å². The number of nitrogens with two attached hydrogens (primary N) is 1. The number of benzene rings is 2. The third-order valence-corrected chi connectivity index (χ3v) is 5.79. The molecular weight excluding hydrogens is 430 g/mol. The van der Waals surface area contributed by atoms with E-state index in [0.717, 1.165) is 22.2 Å². The SMILES string of the molecule is CCc1c(C(=O)C(N)=O)c2c(OCCOC)nccc2n1Cc1ccccc1-c1ccccc1. The maximum atomic E-state index is 13.0. The largest absolute Gasteiger partial charge is 0.475 e. The zero-order valence-electron chi connectivity index (χ0n) is 19.3. The number of ether oxygens (including phenoxy) is 2. The molecule has 0 saturated heterocycles. The standard InChI is InChI=1S/C27H27N3O4/c1-3-21-23(25(31)26(28)32)24-22(13-14-29-27(24)34-16-15-33-2)30(21)17-19-11-7-8-12-20(19)18-9-5-4-6-10-18/h4-14H,3,15-17H2,1-2H3,(H2,28,32). The highest BCUT2D eigenvalue weighted by Crippen LogP contribution is 2.35. The highest BCUT2D eigenvalue weighted by molar-refractivity contribution is 6.45. The van der Waals surface area contributed by atoms with Gasteiger partial charge in [0.25, 0.3) is 11.7 Å². The predicted molar refractivity (Wildman–Crippen MR) is 131 cm³/mol. The topological polar surface area (TPSA) is 96.4 Å². The Labute approximate surface area is 198 Å². The van der Waals surface area contributed by atoms with Gasteiger partial charge in [0.15, 0.2) is 0 Å². The maximum Gasteiger partial charge on any atom is 0.289 e. The van der Waals surface area contributed by atoms with Crippen molar-refractivity contribution < 1.29 is 19.1 Å². The molecule has 2 heterocycles. The average molecular weight is 458 g/mol. The number of amides is 1. The molecule has 0 saturated carbocycles. The molecule has 0 atom stereocenters. The number of fused-ring (bicyclic) bond motifs is 1. The first-order valence-electron chi connectivity index (χ1n) is 11.2. The van der Waals surface area contributed by atoms with Crippen LogP contribution in [0.4, 0.5) is 0 Å². The quantitative estimate of drug-likeness (QED) is 0.221. The number of ketones is 1. The van der Waals surface area contributed by atoms with E-state index in [-0.39, 0.29) is 18.1 Å². The van der Waals surface area contributed by atoms with E-state index >= 15 is 0 Å². The van der Waals surface area contributed by atoms with Gasteiger partial charge in [-0.2, -0.15) is 0 Å². The Morgan fingerprint density at radius 2 is 1.74 bits per heavy atom. The van der Waals surface area contributed by atoms with Crippen LogP contribution in [0.5, 0.6) is 5.88 Å². The molecule has 2 aromatic carbocycles. The van der Waals surface area contributed by atoms with E-state index in [1.807, 2.05) is 43.3 Å². The molecule has 2 N–H and O–H groups in total. The van der Waals surface area contributed by atoms with Gasteiger partial charge in [0.2, 0.25) is 5.88 Å². The van der Waals surface area contributed by atoms with Gasteiger partial charge >= 0.3 is 0 Å². The number of pyridine rings is 1. The van der Waals surface area contributed by atoms with E-state index in [1.165, 1.54) is 0 Å². The maximum absolute atomic E-state index is 13.0. The van der Waals surface area contributed by atoms with Gasteiger partial charge in [-0.1, -0.05) is 61.5 Å². The Hall–Kier alpha value is -3.97. The highest BCUT2D eigenvalue weighted by Gasteiger charge is 2.28. The van der Waals surface area contributed by atoms with Crippen molar-refractivity contribution in [3.05, 3.63) is 83.7 Å². The zero-order valence-corrected chi connectivity index (χ0v) is 19.3. The average Bonchev–Trinajstić information content (AvgIpc) is 3.18. The second-order valence-electron chi connectivity index (χ2n) is 7.83. The Morgan fingerprint density at radius 1 is 1.00 bits per heavy atom. The minimum Gasteiger partial charge on any atom is -0.475 e. The summed E-state index contributed by atoms with van der Waals surface area (Å²) < 4.78 is 13.0. The monoisotopic (exact) mass is 457 g/mol. The van der Waals surface area contributed by atoms with Crippen LogP contribution in [0.3, 0.4) is 0 Å². The van der Waals surface area contributed by atoms with Gasteiger partial charge < -0.3 is 19.8 Å². The van der Waals surface area contributed by atoms with Crippen molar-refractivity contribution >= 4 is 22.6 Å². The summed E-state index contributed by atoms with van der Waals surface area (Å²) in [6, 6.07) is 20.1. The van der Waals surface area contributed by atoms with E-state index in [0.29, 0.717) is 30.7 Å². The van der Waals surface area contributed by atoms with Crippen molar-refractivity contribution in [1.82, 2.24) is 9.55 Å². The fourth-order valence-corrected chi connectivity index (χ4v) is 4.29. The third-order valence-electron chi connectivity index (χ3n) is 5.79. The third kappa shape index (κ3) is 4.43. The summed E-state index contributed by atoms with van der Waals surface area (Å²) in [6.07, 6.45) is 2.16. The number of rotatable bonds is 10. The molecule has 4 aromatic rings. The second kappa shape index (κ2) is 10.3. The highest BCUT2D eigenvalue weighted by atomic mass is 16.5. The number of nitrogens with zero attached hydrogens (tertiary/aromatic N) is 2. The molecule has 34 heavy (non-hydrogen) atoms. The second-order valence-corrected chi connectivity index (χ2v) is 7.83. The van der Waals surface area contributed by atoms with E-state index in [1.54, 1.807) is 13.3 Å². The number of primary amides is 1. The summed E-state index contributed by atoms with van der Waals surface area (Å²) in [4.78, 5) is 29.3. The molecule has 174 valence electrons. The predicted octanol–water partition coefficient (Wildman–Crippen LogP) is 4.01. The van der Waals surface area contributed by atoms with Gasteiger partial charge in [0, 0.05) is 25.5 Å². The Morgan fingerprint density at radius 3 is 2.44 bits per heavy atom. The van der Waals surface area contributed by atoms with Crippen LogP contribution >= 0.6 is 0 Å².